The SMILES string of the molecule is CC(NC(CC(F)(F)F)c1ccccc1)c1cccs1. The van der Waals surface area contributed by atoms with E-state index in [4.69, 9.17) is 0 Å². The van der Waals surface area contributed by atoms with Crippen molar-refractivity contribution in [2.75, 3.05) is 0 Å². The molecule has 1 nitrogen and oxygen atoms in total. The lowest BCUT2D eigenvalue weighted by Gasteiger charge is -2.24. The van der Waals surface area contributed by atoms with E-state index < -0.39 is 18.6 Å². The zero-order valence-electron chi connectivity index (χ0n) is 11.0. The zero-order valence-corrected chi connectivity index (χ0v) is 11.8. The first kappa shape index (κ1) is 15.1. The summed E-state index contributed by atoms with van der Waals surface area (Å²) in [7, 11) is 0. The van der Waals surface area contributed by atoms with Crippen molar-refractivity contribution in [2.24, 2.45) is 0 Å². The lowest BCUT2D eigenvalue weighted by molar-refractivity contribution is -0.140. The summed E-state index contributed by atoms with van der Waals surface area (Å²) in [4.78, 5) is 1.04. The van der Waals surface area contributed by atoms with E-state index in [1.165, 1.54) is 0 Å². The van der Waals surface area contributed by atoms with E-state index in [0.29, 0.717) is 5.56 Å². The van der Waals surface area contributed by atoms with Crippen LogP contribution in [-0.2, 0) is 0 Å². The van der Waals surface area contributed by atoms with Crippen molar-refractivity contribution >= 4 is 11.3 Å². The van der Waals surface area contributed by atoms with Gasteiger partial charge in [0.25, 0.3) is 0 Å². The summed E-state index contributed by atoms with van der Waals surface area (Å²) in [5.74, 6) is 0. The monoisotopic (exact) mass is 299 g/mol. The Morgan fingerprint density at radius 3 is 2.35 bits per heavy atom. The lowest BCUT2D eigenvalue weighted by Crippen LogP contribution is -2.28. The molecule has 0 spiro atoms. The standard InChI is InChI=1S/C15H16F3NS/c1-11(14-8-5-9-20-14)19-13(10-15(16,17)18)12-6-3-2-4-7-12/h2-9,11,13,19H,10H2,1H3. The Balaban J connectivity index is 2.15. The molecule has 0 saturated heterocycles. The quantitative estimate of drug-likeness (QED) is 0.810. The molecule has 2 rings (SSSR count). The number of thiophene rings is 1. The van der Waals surface area contributed by atoms with Crippen molar-refractivity contribution in [3.63, 3.8) is 0 Å². The van der Waals surface area contributed by atoms with Gasteiger partial charge in [-0.2, -0.15) is 13.2 Å². The van der Waals surface area contributed by atoms with Crippen LogP contribution in [0.25, 0.3) is 0 Å². The second-order valence-electron chi connectivity index (χ2n) is 4.69. The largest absolute Gasteiger partial charge is 0.390 e. The van der Waals surface area contributed by atoms with Gasteiger partial charge in [0.05, 0.1) is 6.42 Å². The Morgan fingerprint density at radius 2 is 1.80 bits per heavy atom. The molecule has 0 aliphatic heterocycles. The molecular weight excluding hydrogens is 283 g/mol. The van der Waals surface area contributed by atoms with Gasteiger partial charge in [0, 0.05) is 17.0 Å². The molecule has 0 amide bonds. The molecule has 0 saturated carbocycles. The van der Waals surface area contributed by atoms with Crippen molar-refractivity contribution in [1.82, 2.24) is 5.32 Å². The third kappa shape index (κ3) is 4.35. The Hall–Kier alpha value is -1.33. The summed E-state index contributed by atoms with van der Waals surface area (Å²) < 4.78 is 38.2. The minimum Gasteiger partial charge on any atom is -0.302 e. The van der Waals surface area contributed by atoms with Gasteiger partial charge in [-0.25, -0.2) is 0 Å². The molecular formula is C15H16F3NS. The molecule has 108 valence electrons. The maximum absolute atomic E-state index is 12.7. The van der Waals surface area contributed by atoms with E-state index in [2.05, 4.69) is 5.32 Å². The van der Waals surface area contributed by atoms with Crippen LogP contribution in [0.2, 0.25) is 0 Å². The summed E-state index contributed by atoms with van der Waals surface area (Å²) in [6.45, 7) is 1.89. The molecule has 1 N–H and O–H groups in total. The predicted octanol–water partition coefficient (Wildman–Crippen LogP) is 5.09. The van der Waals surface area contributed by atoms with Gasteiger partial charge in [-0.1, -0.05) is 36.4 Å². The molecule has 20 heavy (non-hydrogen) atoms. The first-order valence-electron chi connectivity index (χ1n) is 6.37. The minimum atomic E-state index is -4.19. The first-order chi connectivity index (χ1) is 9.46. The van der Waals surface area contributed by atoms with Crippen LogP contribution in [-0.4, -0.2) is 6.18 Å². The average Bonchev–Trinajstić information content (AvgIpc) is 2.91. The summed E-state index contributed by atoms with van der Waals surface area (Å²) in [5, 5.41) is 5.01. The topological polar surface area (TPSA) is 12.0 Å². The minimum absolute atomic E-state index is 0.109. The molecule has 2 unspecified atom stereocenters. The van der Waals surface area contributed by atoms with Crippen molar-refractivity contribution in [1.29, 1.82) is 0 Å². The van der Waals surface area contributed by atoms with Crippen molar-refractivity contribution in [3.05, 3.63) is 58.3 Å². The summed E-state index contributed by atoms with van der Waals surface area (Å²) in [5.41, 5.74) is 0.660. The number of benzene rings is 1. The van der Waals surface area contributed by atoms with Crippen molar-refractivity contribution < 1.29 is 13.2 Å². The van der Waals surface area contributed by atoms with Crippen LogP contribution in [0.3, 0.4) is 0 Å². The maximum Gasteiger partial charge on any atom is 0.390 e. The Bertz CT molecular complexity index is 508. The molecule has 1 aromatic heterocycles. The van der Waals surface area contributed by atoms with Crippen LogP contribution in [0.4, 0.5) is 13.2 Å². The molecule has 5 heteroatoms. The van der Waals surface area contributed by atoms with Gasteiger partial charge >= 0.3 is 6.18 Å². The van der Waals surface area contributed by atoms with E-state index in [9.17, 15) is 13.2 Å². The first-order valence-corrected chi connectivity index (χ1v) is 7.25. The summed E-state index contributed by atoms with van der Waals surface area (Å²) in [6, 6.07) is 11.8. The van der Waals surface area contributed by atoms with E-state index in [1.54, 1.807) is 41.7 Å². The Kier molecular flexibility index (Phi) is 4.83. The van der Waals surface area contributed by atoms with Crippen LogP contribution in [0, 0.1) is 0 Å². The summed E-state index contributed by atoms with van der Waals surface area (Å²) in [6.07, 6.45) is -5.06. The molecule has 0 radical (unpaired) electrons. The molecule has 0 aliphatic carbocycles. The van der Waals surface area contributed by atoms with Crippen LogP contribution < -0.4 is 5.32 Å². The number of alkyl halides is 3. The third-order valence-corrected chi connectivity index (χ3v) is 4.11. The van der Waals surface area contributed by atoms with E-state index in [-0.39, 0.29) is 6.04 Å². The highest BCUT2D eigenvalue weighted by molar-refractivity contribution is 7.10. The Labute approximate surface area is 120 Å². The molecule has 1 heterocycles. The highest BCUT2D eigenvalue weighted by atomic mass is 32.1. The number of rotatable bonds is 5. The lowest BCUT2D eigenvalue weighted by atomic mass is 10.0. The van der Waals surface area contributed by atoms with Gasteiger partial charge in [0.15, 0.2) is 0 Å². The van der Waals surface area contributed by atoms with Crippen LogP contribution in [0.1, 0.15) is 35.9 Å². The molecule has 0 aliphatic rings. The third-order valence-electron chi connectivity index (χ3n) is 3.06. The van der Waals surface area contributed by atoms with Gasteiger partial charge in [-0.3, -0.25) is 0 Å². The summed E-state index contributed by atoms with van der Waals surface area (Å²) >= 11 is 1.54. The molecule has 2 atom stereocenters. The molecule has 0 bridgehead atoms. The average molecular weight is 299 g/mol. The van der Waals surface area contributed by atoms with Crippen molar-refractivity contribution in [3.8, 4) is 0 Å². The van der Waals surface area contributed by atoms with E-state index in [1.807, 2.05) is 24.4 Å². The fourth-order valence-electron chi connectivity index (χ4n) is 2.11. The Morgan fingerprint density at radius 1 is 1.10 bits per heavy atom. The fraction of sp³-hybridized carbons (Fsp3) is 0.333. The van der Waals surface area contributed by atoms with E-state index >= 15 is 0 Å². The second kappa shape index (κ2) is 6.41. The zero-order chi connectivity index (χ0) is 14.6. The van der Waals surface area contributed by atoms with Crippen LogP contribution in [0.15, 0.2) is 47.8 Å². The van der Waals surface area contributed by atoms with Gasteiger partial charge in [0.2, 0.25) is 0 Å². The fourth-order valence-corrected chi connectivity index (χ4v) is 2.85. The van der Waals surface area contributed by atoms with Gasteiger partial charge in [0.1, 0.15) is 0 Å². The van der Waals surface area contributed by atoms with Gasteiger partial charge in [-0.15, -0.1) is 11.3 Å². The number of halogens is 3. The maximum atomic E-state index is 12.7. The van der Waals surface area contributed by atoms with Crippen LogP contribution in [0.5, 0.6) is 0 Å². The van der Waals surface area contributed by atoms with Gasteiger partial charge < -0.3 is 5.32 Å². The predicted molar refractivity (Wildman–Crippen MR) is 75.7 cm³/mol. The number of nitrogens with one attached hydrogen (secondary N) is 1. The van der Waals surface area contributed by atoms with Crippen LogP contribution >= 0.6 is 11.3 Å². The number of hydrogen-bond acceptors (Lipinski definition) is 2. The molecule has 2 aromatic rings. The van der Waals surface area contributed by atoms with Crippen molar-refractivity contribution in [2.45, 2.75) is 31.6 Å². The smallest absolute Gasteiger partial charge is 0.302 e. The molecule has 1 aromatic carbocycles. The molecule has 0 fully saturated rings. The number of hydrogen-bond donors (Lipinski definition) is 1. The second-order valence-corrected chi connectivity index (χ2v) is 5.67. The van der Waals surface area contributed by atoms with E-state index in [0.717, 1.165) is 4.88 Å². The normalized spacial score (nSPS) is 15.0. The highest BCUT2D eigenvalue weighted by Crippen LogP contribution is 2.32. The van der Waals surface area contributed by atoms with Gasteiger partial charge in [-0.05, 0) is 23.9 Å². The highest BCUT2D eigenvalue weighted by Gasteiger charge is 2.33.